The molecular formula is C15H20N4O4S. The Bertz CT molecular complexity index is 797. The van der Waals surface area contributed by atoms with Crippen molar-refractivity contribution in [2.45, 2.75) is 44.7 Å². The minimum Gasteiger partial charge on any atom is -0.424 e. The number of carbonyl (C=O) groups is 1. The van der Waals surface area contributed by atoms with Gasteiger partial charge in [0.15, 0.2) is 0 Å². The zero-order chi connectivity index (χ0) is 17.7. The Morgan fingerprint density at radius 2 is 1.79 bits per heavy atom. The summed E-state index contributed by atoms with van der Waals surface area (Å²) in [5, 5.41) is 10.3. The van der Waals surface area contributed by atoms with Gasteiger partial charge in [0.05, 0.1) is 11.4 Å². The molecule has 1 aromatic carbocycles. The minimum absolute atomic E-state index is 0.00462. The second-order valence-corrected chi connectivity index (χ2v) is 7.19. The van der Waals surface area contributed by atoms with Gasteiger partial charge in [-0.1, -0.05) is 6.92 Å². The molecule has 0 aliphatic rings. The molecule has 0 bridgehead atoms. The molecule has 24 heavy (non-hydrogen) atoms. The van der Waals surface area contributed by atoms with Gasteiger partial charge < -0.3 is 9.73 Å². The van der Waals surface area contributed by atoms with E-state index in [0.29, 0.717) is 17.9 Å². The number of benzene rings is 1. The van der Waals surface area contributed by atoms with E-state index in [2.05, 4.69) is 20.2 Å². The second kappa shape index (κ2) is 7.54. The van der Waals surface area contributed by atoms with Crippen molar-refractivity contribution in [1.82, 2.24) is 20.2 Å². The lowest BCUT2D eigenvalue weighted by Gasteiger charge is -2.09. The fraction of sp³-hybridized carbons (Fsp3) is 0.400. The molecule has 0 aliphatic heterocycles. The Morgan fingerprint density at radius 3 is 2.33 bits per heavy atom. The maximum Gasteiger partial charge on any atom is 0.251 e. The van der Waals surface area contributed by atoms with E-state index >= 15 is 0 Å². The minimum atomic E-state index is -3.73. The van der Waals surface area contributed by atoms with Crippen LogP contribution in [0.1, 0.15) is 42.9 Å². The Hall–Kier alpha value is -2.26. The van der Waals surface area contributed by atoms with Crippen LogP contribution >= 0.6 is 0 Å². The smallest absolute Gasteiger partial charge is 0.251 e. The summed E-state index contributed by atoms with van der Waals surface area (Å²) in [5.41, 5.74) is 0.395. The highest BCUT2D eigenvalue weighted by Gasteiger charge is 2.16. The molecule has 0 atom stereocenters. The maximum absolute atomic E-state index is 12.2. The molecular weight excluding hydrogens is 332 g/mol. The van der Waals surface area contributed by atoms with Crippen LogP contribution in [-0.4, -0.2) is 30.6 Å². The SMILES string of the molecule is CCc1nnc(CNS(=O)(=O)c2ccc(C(=O)NC(C)C)cc2)o1. The van der Waals surface area contributed by atoms with Crippen LogP contribution in [0.4, 0.5) is 0 Å². The quantitative estimate of drug-likeness (QED) is 0.775. The molecule has 2 aromatic rings. The van der Waals surface area contributed by atoms with Gasteiger partial charge in [0, 0.05) is 18.0 Å². The zero-order valence-electron chi connectivity index (χ0n) is 13.7. The lowest BCUT2D eigenvalue weighted by molar-refractivity contribution is 0.0943. The Kier molecular flexibility index (Phi) is 5.68. The molecule has 1 aromatic heterocycles. The Morgan fingerprint density at radius 1 is 1.17 bits per heavy atom. The number of sulfonamides is 1. The first-order valence-corrected chi connectivity index (χ1v) is 9.02. The van der Waals surface area contributed by atoms with Gasteiger partial charge in [-0.05, 0) is 38.1 Å². The molecule has 2 rings (SSSR count). The summed E-state index contributed by atoms with van der Waals surface area (Å²) in [4.78, 5) is 11.9. The van der Waals surface area contributed by atoms with Crippen LogP contribution in [0.5, 0.6) is 0 Å². The number of hydrogen-bond acceptors (Lipinski definition) is 6. The Labute approximate surface area is 140 Å². The molecule has 0 spiro atoms. The van der Waals surface area contributed by atoms with E-state index < -0.39 is 10.0 Å². The van der Waals surface area contributed by atoms with Crippen LogP contribution in [0.25, 0.3) is 0 Å². The number of carbonyl (C=O) groups excluding carboxylic acids is 1. The van der Waals surface area contributed by atoms with Crippen molar-refractivity contribution in [2.24, 2.45) is 0 Å². The summed E-state index contributed by atoms with van der Waals surface area (Å²) in [6.45, 7) is 5.47. The van der Waals surface area contributed by atoms with Crippen LogP contribution in [0, 0.1) is 0 Å². The molecule has 0 radical (unpaired) electrons. The van der Waals surface area contributed by atoms with Crippen molar-refractivity contribution >= 4 is 15.9 Å². The molecule has 0 fully saturated rings. The number of hydrogen-bond donors (Lipinski definition) is 2. The fourth-order valence-corrected chi connectivity index (χ4v) is 2.85. The van der Waals surface area contributed by atoms with E-state index in [1.54, 1.807) is 0 Å². The van der Waals surface area contributed by atoms with Crippen molar-refractivity contribution in [2.75, 3.05) is 0 Å². The third-order valence-corrected chi connectivity index (χ3v) is 4.49. The van der Waals surface area contributed by atoms with Crippen LogP contribution in [-0.2, 0) is 23.0 Å². The first kappa shape index (κ1) is 18.1. The van der Waals surface area contributed by atoms with Crippen molar-refractivity contribution in [3.8, 4) is 0 Å². The van der Waals surface area contributed by atoms with Gasteiger partial charge in [-0.15, -0.1) is 10.2 Å². The largest absolute Gasteiger partial charge is 0.424 e. The molecule has 0 unspecified atom stereocenters. The molecule has 1 amide bonds. The summed E-state index contributed by atoms with van der Waals surface area (Å²) in [5.74, 6) is 0.396. The average Bonchev–Trinajstić information content (AvgIpc) is 3.01. The highest BCUT2D eigenvalue weighted by molar-refractivity contribution is 7.89. The first-order chi connectivity index (χ1) is 11.3. The molecule has 2 N–H and O–H groups in total. The van der Waals surface area contributed by atoms with E-state index in [1.165, 1.54) is 24.3 Å². The monoisotopic (exact) mass is 352 g/mol. The van der Waals surface area contributed by atoms with Gasteiger partial charge in [0.1, 0.15) is 0 Å². The summed E-state index contributed by atoms with van der Waals surface area (Å²) in [6.07, 6.45) is 0.583. The molecule has 130 valence electrons. The van der Waals surface area contributed by atoms with E-state index in [4.69, 9.17) is 4.42 Å². The number of amides is 1. The summed E-state index contributed by atoms with van der Waals surface area (Å²) >= 11 is 0. The molecule has 9 heteroatoms. The predicted octanol–water partition coefficient (Wildman–Crippen LogP) is 1.25. The molecule has 0 saturated carbocycles. The average molecular weight is 352 g/mol. The standard InChI is InChI=1S/C15H20N4O4S/c1-4-13-18-19-14(23-13)9-16-24(21,22)12-7-5-11(6-8-12)15(20)17-10(2)3/h5-8,10,16H,4,9H2,1-3H3,(H,17,20). The zero-order valence-corrected chi connectivity index (χ0v) is 14.6. The van der Waals surface area contributed by atoms with Gasteiger partial charge >= 0.3 is 0 Å². The third kappa shape index (κ3) is 4.62. The molecule has 0 aliphatic carbocycles. The van der Waals surface area contributed by atoms with Crippen molar-refractivity contribution < 1.29 is 17.6 Å². The van der Waals surface area contributed by atoms with Gasteiger partial charge in [-0.25, -0.2) is 13.1 Å². The fourth-order valence-electron chi connectivity index (χ4n) is 1.87. The highest BCUT2D eigenvalue weighted by Crippen LogP contribution is 2.11. The number of nitrogens with zero attached hydrogens (tertiary/aromatic N) is 2. The van der Waals surface area contributed by atoms with E-state index in [0.717, 1.165) is 0 Å². The van der Waals surface area contributed by atoms with Crippen LogP contribution in [0.2, 0.25) is 0 Å². The van der Waals surface area contributed by atoms with Crippen LogP contribution < -0.4 is 10.0 Å². The van der Waals surface area contributed by atoms with Crippen molar-refractivity contribution in [3.05, 3.63) is 41.6 Å². The molecule has 8 nitrogen and oxygen atoms in total. The number of aryl methyl sites for hydroxylation is 1. The molecule has 1 heterocycles. The van der Waals surface area contributed by atoms with Crippen LogP contribution in [0.3, 0.4) is 0 Å². The summed E-state index contributed by atoms with van der Waals surface area (Å²) < 4.78 is 32.1. The third-order valence-electron chi connectivity index (χ3n) is 3.07. The predicted molar refractivity (Wildman–Crippen MR) is 86.7 cm³/mol. The molecule has 0 saturated heterocycles. The number of aromatic nitrogens is 2. The van der Waals surface area contributed by atoms with Gasteiger partial charge in [-0.2, -0.15) is 0 Å². The van der Waals surface area contributed by atoms with Crippen molar-refractivity contribution in [3.63, 3.8) is 0 Å². The summed E-state index contributed by atoms with van der Waals surface area (Å²) in [6, 6.07) is 5.69. The topological polar surface area (TPSA) is 114 Å². The van der Waals surface area contributed by atoms with Gasteiger partial charge in [-0.3, -0.25) is 4.79 Å². The first-order valence-electron chi connectivity index (χ1n) is 7.53. The maximum atomic E-state index is 12.2. The normalized spacial score (nSPS) is 11.7. The van der Waals surface area contributed by atoms with E-state index in [-0.39, 0.29) is 29.3 Å². The van der Waals surface area contributed by atoms with Crippen LogP contribution in [0.15, 0.2) is 33.6 Å². The number of rotatable bonds is 7. The lowest BCUT2D eigenvalue weighted by Crippen LogP contribution is -2.30. The van der Waals surface area contributed by atoms with Gasteiger partial charge in [0.25, 0.3) is 5.91 Å². The second-order valence-electron chi connectivity index (χ2n) is 5.42. The van der Waals surface area contributed by atoms with E-state index in [9.17, 15) is 13.2 Å². The van der Waals surface area contributed by atoms with E-state index in [1.807, 2.05) is 20.8 Å². The lowest BCUT2D eigenvalue weighted by atomic mass is 10.2. The Balaban J connectivity index is 2.04. The van der Waals surface area contributed by atoms with Gasteiger partial charge in [0.2, 0.25) is 21.8 Å². The summed E-state index contributed by atoms with van der Waals surface area (Å²) in [7, 11) is -3.73. The highest BCUT2D eigenvalue weighted by atomic mass is 32.2. The number of nitrogens with one attached hydrogen (secondary N) is 2. The van der Waals surface area contributed by atoms with Crippen molar-refractivity contribution in [1.29, 1.82) is 0 Å².